The molecular formula is C17H12F3N3O4. The Kier molecular flexibility index (Phi) is 3.09. The Bertz CT molecular complexity index is 1070. The van der Waals surface area contributed by atoms with E-state index in [4.69, 9.17) is 10.00 Å². The van der Waals surface area contributed by atoms with Crippen molar-refractivity contribution < 1.29 is 32.9 Å². The zero-order valence-corrected chi connectivity index (χ0v) is 14.0. The van der Waals surface area contributed by atoms with Crippen LogP contribution in [0, 0.1) is 11.3 Å². The van der Waals surface area contributed by atoms with E-state index >= 15 is 0 Å². The summed E-state index contributed by atoms with van der Waals surface area (Å²) in [5.41, 5.74) is -4.95. The number of aromatic nitrogens is 2. The van der Waals surface area contributed by atoms with Crippen molar-refractivity contribution >= 4 is 5.78 Å². The van der Waals surface area contributed by atoms with Crippen molar-refractivity contribution in [2.75, 3.05) is 0 Å². The molecule has 2 aliphatic heterocycles. The molecule has 1 saturated heterocycles. The van der Waals surface area contributed by atoms with E-state index in [1.54, 1.807) is 6.92 Å². The monoisotopic (exact) mass is 379 g/mol. The summed E-state index contributed by atoms with van der Waals surface area (Å²) in [6.45, 7) is 3.00. The number of rotatable bonds is 1. The van der Waals surface area contributed by atoms with E-state index in [0.717, 1.165) is 10.8 Å². The molecule has 0 spiro atoms. The summed E-state index contributed by atoms with van der Waals surface area (Å²) in [7, 11) is 0. The summed E-state index contributed by atoms with van der Waals surface area (Å²) in [5.74, 6) is -1.46. The molecule has 2 N–H and O–H groups in total. The van der Waals surface area contributed by atoms with Gasteiger partial charge < -0.3 is 14.9 Å². The molecule has 1 fully saturated rings. The Hall–Kier alpha value is -3.06. The van der Waals surface area contributed by atoms with Gasteiger partial charge >= 0.3 is 6.18 Å². The number of alkyl halides is 3. The number of ketones is 1. The lowest BCUT2D eigenvalue weighted by Crippen LogP contribution is -2.28. The van der Waals surface area contributed by atoms with Gasteiger partial charge in [-0.1, -0.05) is 0 Å². The zero-order valence-electron chi connectivity index (χ0n) is 14.0. The van der Waals surface area contributed by atoms with Crippen molar-refractivity contribution in [2.24, 2.45) is 0 Å². The molecule has 0 aliphatic carbocycles. The van der Waals surface area contributed by atoms with Crippen molar-refractivity contribution in [3.8, 4) is 23.5 Å². The number of carbonyl (C=O) groups is 1. The molecule has 2 atom stereocenters. The number of hydrogen-bond donors (Lipinski definition) is 2. The highest BCUT2D eigenvalue weighted by molar-refractivity contribution is 5.95. The number of hydrogen-bond acceptors (Lipinski definition) is 6. The van der Waals surface area contributed by atoms with Crippen LogP contribution in [-0.4, -0.2) is 25.5 Å². The van der Waals surface area contributed by atoms with Gasteiger partial charge in [0.1, 0.15) is 11.7 Å². The second-order valence-corrected chi connectivity index (χ2v) is 6.90. The second kappa shape index (κ2) is 4.80. The number of halogens is 3. The number of carbonyl (C=O) groups excluding carboxylic acids is 1. The highest BCUT2D eigenvalue weighted by atomic mass is 19.4. The first-order valence-electron chi connectivity index (χ1n) is 7.83. The molecule has 0 amide bonds. The van der Waals surface area contributed by atoms with Crippen LogP contribution in [0.4, 0.5) is 13.2 Å². The Morgan fingerprint density at radius 3 is 2.52 bits per heavy atom. The van der Waals surface area contributed by atoms with Crippen molar-refractivity contribution in [2.45, 2.75) is 37.6 Å². The Labute approximate surface area is 150 Å². The van der Waals surface area contributed by atoms with Gasteiger partial charge in [-0.3, -0.25) is 4.79 Å². The summed E-state index contributed by atoms with van der Waals surface area (Å²) < 4.78 is 46.1. The van der Waals surface area contributed by atoms with E-state index in [0.29, 0.717) is 6.07 Å². The molecule has 0 radical (unpaired) electrons. The fraction of sp³-hybridized carbons (Fsp3) is 0.353. The maximum Gasteiger partial charge on any atom is 0.419 e. The van der Waals surface area contributed by atoms with Gasteiger partial charge in [0, 0.05) is 6.42 Å². The van der Waals surface area contributed by atoms with Gasteiger partial charge in [0.25, 0.3) is 0 Å². The molecule has 27 heavy (non-hydrogen) atoms. The van der Waals surface area contributed by atoms with Gasteiger partial charge in [0.2, 0.25) is 11.8 Å². The number of fused-ring (bicyclic) bond motifs is 5. The third kappa shape index (κ3) is 2.00. The zero-order chi connectivity index (χ0) is 19.9. The highest BCUT2D eigenvalue weighted by Gasteiger charge is 2.64. The number of pyridine rings is 1. The molecule has 2 aliphatic rings. The molecule has 0 saturated carbocycles. The summed E-state index contributed by atoms with van der Waals surface area (Å²) in [5, 5.41) is 30.1. The van der Waals surface area contributed by atoms with Crippen LogP contribution >= 0.6 is 0 Å². The number of nitriles is 1. The predicted octanol–water partition coefficient (Wildman–Crippen LogP) is 2.61. The van der Waals surface area contributed by atoms with E-state index in [1.165, 1.54) is 13.0 Å². The minimum atomic E-state index is -4.86. The summed E-state index contributed by atoms with van der Waals surface area (Å²) in [6, 6.07) is 1.97. The van der Waals surface area contributed by atoms with Crippen molar-refractivity contribution in [3.05, 3.63) is 34.6 Å². The van der Waals surface area contributed by atoms with Crippen molar-refractivity contribution in [1.82, 2.24) is 9.55 Å². The van der Waals surface area contributed by atoms with Gasteiger partial charge in [-0.2, -0.15) is 18.4 Å². The first-order valence-corrected chi connectivity index (χ1v) is 7.83. The summed E-state index contributed by atoms with van der Waals surface area (Å²) >= 11 is 0. The lowest BCUT2D eigenvalue weighted by atomic mass is 9.79. The molecule has 2 bridgehead atoms. The summed E-state index contributed by atoms with van der Waals surface area (Å²) in [4.78, 5) is 15.8. The number of Topliss-reactive ketones (excluding diaryl/α,β-unsaturated/α-hetero) is 1. The highest BCUT2D eigenvalue weighted by Crippen LogP contribution is 2.62. The maximum absolute atomic E-state index is 13.2. The van der Waals surface area contributed by atoms with E-state index in [2.05, 4.69) is 4.98 Å². The minimum Gasteiger partial charge on any atom is -0.494 e. The molecule has 2 aromatic rings. The Morgan fingerprint density at radius 1 is 1.30 bits per heavy atom. The number of nitrogens with zero attached hydrogens (tertiary/aromatic N) is 3. The number of ether oxygens (including phenoxy) is 1. The largest absolute Gasteiger partial charge is 0.494 e. The molecule has 4 heterocycles. The van der Waals surface area contributed by atoms with Crippen LogP contribution < -0.4 is 0 Å². The quantitative estimate of drug-likeness (QED) is 0.789. The predicted molar refractivity (Wildman–Crippen MR) is 82.0 cm³/mol. The lowest BCUT2D eigenvalue weighted by Gasteiger charge is -2.20. The van der Waals surface area contributed by atoms with E-state index in [9.17, 15) is 28.2 Å². The van der Waals surface area contributed by atoms with Crippen molar-refractivity contribution in [3.63, 3.8) is 0 Å². The molecule has 0 unspecified atom stereocenters. The average molecular weight is 379 g/mol. The second-order valence-electron chi connectivity index (χ2n) is 6.90. The Morgan fingerprint density at radius 2 is 1.93 bits per heavy atom. The summed E-state index contributed by atoms with van der Waals surface area (Å²) in [6.07, 6.45) is -3.96. The smallest absolute Gasteiger partial charge is 0.419 e. The van der Waals surface area contributed by atoms with Crippen LogP contribution in [-0.2, 0) is 26.9 Å². The standard InChI is InChI=1S/C17H12F3N3O4/c1-15-4-10(24)16(2,27-15)12-11(15)13(25)23(14(12)26)7-3-8(17(18,19)20)9(5-21)22-6-7/h3,6,25-26H,4H2,1-2H3/t15-,16+/m0/s1. The van der Waals surface area contributed by atoms with Gasteiger partial charge in [0.05, 0.1) is 28.6 Å². The molecular weight excluding hydrogens is 367 g/mol. The fourth-order valence-electron chi connectivity index (χ4n) is 3.97. The first kappa shape index (κ1) is 17.4. The topological polar surface area (TPSA) is 108 Å². The third-order valence-electron chi connectivity index (χ3n) is 5.13. The van der Waals surface area contributed by atoms with Crippen LogP contribution in [0.15, 0.2) is 12.3 Å². The fourth-order valence-corrected chi connectivity index (χ4v) is 3.97. The van der Waals surface area contributed by atoms with Crippen molar-refractivity contribution in [1.29, 1.82) is 5.26 Å². The lowest BCUT2D eigenvalue weighted by molar-refractivity contribution is -0.138. The SMILES string of the molecule is C[C@@]12CC(=O)[C@@](C)(O1)c1c2c(O)n(-c2cnc(C#N)c(C(F)(F)F)c2)c1O. The van der Waals surface area contributed by atoms with Crippen LogP contribution in [0.3, 0.4) is 0 Å². The van der Waals surface area contributed by atoms with Gasteiger partial charge in [0.15, 0.2) is 17.1 Å². The molecule has 4 rings (SSSR count). The van der Waals surface area contributed by atoms with E-state index in [1.807, 2.05) is 0 Å². The van der Waals surface area contributed by atoms with Gasteiger partial charge in [-0.15, -0.1) is 0 Å². The molecule has 0 aromatic carbocycles. The third-order valence-corrected chi connectivity index (χ3v) is 5.13. The normalized spacial score (nSPS) is 26.3. The minimum absolute atomic E-state index is 0.0247. The molecule has 2 aromatic heterocycles. The van der Waals surface area contributed by atoms with Crippen LogP contribution in [0.5, 0.6) is 11.8 Å². The number of aromatic hydroxyl groups is 2. The Balaban J connectivity index is 1.99. The first-order chi connectivity index (χ1) is 12.4. The molecule has 10 heteroatoms. The van der Waals surface area contributed by atoms with E-state index < -0.39 is 40.4 Å². The van der Waals surface area contributed by atoms with E-state index in [-0.39, 0.29) is 29.0 Å². The van der Waals surface area contributed by atoms with Gasteiger partial charge in [-0.05, 0) is 19.9 Å². The van der Waals surface area contributed by atoms with Crippen LogP contribution in [0.25, 0.3) is 5.69 Å². The van der Waals surface area contributed by atoms with Crippen LogP contribution in [0.2, 0.25) is 0 Å². The molecule has 7 nitrogen and oxygen atoms in total. The van der Waals surface area contributed by atoms with Crippen LogP contribution in [0.1, 0.15) is 42.7 Å². The maximum atomic E-state index is 13.2. The average Bonchev–Trinajstić information content (AvgIpc) is 3.07. The van der Waals surface area contributed by atoms with Gasteiger partial charge in [-0.25, -0.2) is 9.55 Å². The molecule has 140 valence electrons.